The normalized spacial score (nSPS) is 11.0. The zero-order valence-corrected chi connectivity index (χ0v) is 13.0. The topological polar surface area (TPSA) is 43.4 Å². The van der Waals surface area contributed by atoms with E-state index in [1.54, 1.807) is 0 Å². The second-order valence-corrected chi connectivity index (χ2v) is 4.59. The van der Waals surface area contributed by atoms with Crippen LogP contribution in [0.25, 0.3) is 0 Å². The van der Waals surface area contributed by atoms with Gasteiger partial charge in [-0.3, -0.25) is 4.79 Å². The summed E-state index contributed by atoms with van der Waals surface area (Å²) in [5.74, 6) is -0.0280. The third-order valence-electron chi connectivity index (χ3n) is 2.91. The van der Waals surface area contributed by atoms with Crippen molar-refractivity contribution in [3.63, 3.8) is 0 Å². The molecule has 0 aromatic heterocycles. The molecule has 0 aliphatic heterocycles. The number of rotatable bonds is 7. The number of esters is 1. The van der Waals surface area contributed by atoms with Gasteiger partial charge in [-0.25, -0.2) is 0 Å². The molecule has 0 N–H and O–H groups in total. The van der Waals surface area contributed by atoms with Gasteiger partial charge in [-0.05, 0) is 31.2 Å². The van der Waals surface area contributed by atoms with Crippen LogP contribution in [0.5, 0.6) is 0 Å². The quantitative estimate of drug-likeness (QED) is 0.564. The van der Waals surface area contributed by atoms with Crippen molar-refractivity contribution in [1.29, 1.82) is 0 Å². The van der Waals surface area contributed by atoms with Crippen LogP contribution in [0.15, 0.2) is 24.3 Å². The van der Waals surface area contributed by atoms with E-state index >= 15 is 0 Å². The molecule has 112 valence electrons. The van der Waals surface area contributed by atoms with Crippen LogP contribution in [0.4, 0.5) is 0 Å². The second-order valence-electron chi connectivity index (χ2n) is 4.59. The van der Waals surface area contributed by atoms with Gasteiger partial charge < -0.3 is 9.53 Å². The van der Waals surface area contributed by atoms with E-state index in [0.717, 1.165) is 19.1 Å². The van der Waals surface area contributed by atoms with Crippen molar-refractivity contribution < 1.29 is 14.3 Å². The van der Waals surface area contributed by atoms with Crippen molar-refractivity contribution in [1.82, 2.24) is 0 Å². The molecule has 3 heteroatoms. The number of benzene rings is 1. The van der Waals surface area contributed by atoms with Crippen molar-refractivity contribution in [3.05, 3.63) is 35.4 Å². The molecule has 0 aliphatic rings. The molecule has 1 aromatic rings. The van der Waals surface area contributed by atoms with E-state index in [1.165, 1.54) is 18.1 Å². The fourth-order valence-corrected chi connectivity index (χ4v) is 1.87. The van der Waals surface area contributed by atoms with E-state index in [2.05, 4.69) is 24.3 Å². The largest absolute Gasteiger partial charge is 0.466 e. The zero-order valence-electron chi connectivity index (χ0n) is 13.0. The summed E-state index contributed by atoms with van der Waals surface area (Å²) in [6, 6.07) is 8.30. The fourth-order valence-electron chi connectivity index (χ4n) is 1.87. The van der Waals surface area contributed by atoms with Crippen LogP contribution in [-0.4, -0.2) is 18.9 Å². The Bertz CT molecular complexity index is 382. The summed E-state index contributed by atoms with van der Waals surface area (Å²) in [6.07, 6.45) is 3.02. The summed E-state index contributed by atoms with van der Waals surface area (Å²) in [5.41, 5.74) is 2.45. The highest BCUT2D eigenvalue weighted by Crippen LogP contribution is 2.16. The van der Waals surface area contributed by atoms with Gasteiger partial charge in [0.25, 0.3) is 0 Å². The summed E-state index contributed by atoms with van der Waals surface area (Å²) in [6.45, 7) is 7.84. The molecule has 3 nitrogen and oxygen atoms in total. The first-order chi connectivity index (χ1) is 9.61. The maximum absolute atomic E-state index is 10.7. The van der Waals surface area contributed by atoms with Crippen molar-refractivity contribution >= 4 is 12.3 Å². The van der Waals surface area contributed by atoms with Gasteiger partial charge in [-0.1, -0.05) is 43.7 Å². The van der Waals surface area contributed by atoms with Gasteiger partial charge >= 0.3 is 5.97 Å². The molecule has 0 amide bonds. The lowest BCUT2D eigenvalue weighted by Gasteiger charge is -2.14. The molecule has 0 aliphatic carbocycles. The summed E-state index contributed by atoms with van der Waals surface area (Å²) in [5, 5.41) is 0. The minimum Gasteiger partial charge on any atom is -0.466 e. The van der Waals surface area contributed by atoms with Crippen molar-refractivity contribution in [2.45, 2.75) is 47.0 Å². The second kappa shape index (κ2) is 11.2. The summed E-state index contributed by atoms with van der Waals surface area (Å²) in [4.78, 5) is 21.3. The van der Waals surface area contributed by atoms with Gasteiger partial charge in [0.1, 0.15) is 6.29 Å². The van der Waals surface area contributed by atoms with E-state index < -0.39 is 0 Å². The zero-order chi connectivity index (χ0) is 15.4. The van der Waals surface area contributed by atoms with Crippen LogP contribution < -0.4 is 0 Å². The number of ether oxygens (including phenoxy) is 1. The summed E-state index contributed by atoms with van der Waals surface area (Å²) < 4.78 is 4.92. The van der Waals surface area contributed by atoms with Gasteiger partial charge in [-0.2, -0.15) is 0 Å². The molecular weight excluding hydrogens is 252 g/mol. The van der Waals surface area contributed by atoms with E-state index in [-0.39, 0.29) is 11.9 Å². The van der Waals surface area contributed by atoms with Crippen LogP contribution >= 0.6 is 0 Å². The smallest absolute Gasteiger partial charge is 0.302 e. The molecule has 20 heavy (non-hydrogen) atoms. The van der Waals surface area contributed by atoms with Gasteiger partial charge in [0.15, 0.2) is 0 Å². The maximum Gasteiger partial charge on any atom is 0.302 e. The van der Waals surface area contributed by atoms with Crippen LogP contribution in [0, 0.1) is 12.8 Å². The van der Waals surface area contributed by atoms with Gasteiger partial charge in [0.05, 0.1) is 6.61 Å². The summed E-state index contributed by atoms with van der Waals surface area (Å²) >= 11 is 0. The fraction of sp³-hybridized carbons (Fsp3) is 0.529. The van der Waals surface area contributed by atoms with Crippen molar-refractivity contribution in [2.75, 3.05) is 6.61 Å². The van der Waals surface area contributed by atoms with Gasteiger partial charge in [0.2, 0.25) is 0 Å². The van der Waals surface area contributed by atoms with E-state index in [0.29, 0.717) is 13.0 Å². The number of carbonyl (C=O) groups is 2. The third kappa shape index (κ3) is 8.46. The predicted molar refractivity (Wildman–Crippen MR) is 81.7 cm³/mol. The number of hydrogen-bond acceptors (Lipinski definition) is 3. The lowest BCUT2D eigenvalue weighted by molar-refractivity contribution is -0.141. The first kappa shape index (κ1) is 18.4. The SMILES string of the molecule is CC.CC(=O)OCCC(CC=O)Cc1ccc(C)cc1. The molecule has 0 fully saturated rings. The van der Waals surface area contributed by atoms with Gasteiger partial charge in [0, 0.05) is 13.3 Å². The molecular formula is C17H26O3. The third-order valence-corrected chi connectivity index (χ3v) is 2.91. The summed E-state index contributed by atoms with van der Waals surface area (Å²) in [7, 11) is 0. The van der Waals surface area contributed by atoms with E-state index in [4.69, 9.17) is 4.74 Å². The Labute approximate surface area is 122 Å². The minimum absolute atomic E-state index is 0.240. The number of aryl methyl sites for hydroxylation is 1. The monoisotopic (exact) mass is 278 g/mol. The molecule has 0 spiro atoms. The Balaban J connectivity index is 0.00000172. The van der Waals surface area contributed by atoms with Gasteiger partial charge in [-0.15, -0.1) is 0 Å². The first-order valence-electron chi connectivity index (χ1n) is 7.24. The van der Waals surface area contributed by atoms with Crippen molar-refractivity contribution in [3.8, 4) is 0 Å². The number of aldehydes is 1. The Morgan fingerprint density at radius 2 is 1.85 bits per heavy atom. The highest BCUT2D eigenvalue weighted by atomic mass is 16.5. The van der Waals surface area contributed by atoms with Crippen molar-refractivity contribution in [2.24, 2.45) is 5.92 Å². The average molecular weight is 278 g/mol. The minimum atomic E-state index is -0.268. The molecule has 0 saturated carbocycles. The van der Waals surface area contributed by atoms with Crippen LogP contribution in [0.1, 0.15) is 44.7 Å². The average Bonchev–Trinajstić information content (AvgIpc) is 2.43. The number of hydrogen-bond donors (Lipinski definition) is 0. The Kier molecular flexibility index (Phi) is 10.3. The predicted octanol–water partition coefficient (Wildman–Crippen LogP) is 3.72. The van der Waals surface area contributed by atoms with Crippen LogP contribution in [-0.2, 0) is 20.7 Å². The lowest BCUT2D eigenvalue weighted by Crippen LogP contribution is -2.11. The Hall–Kier alpha value is -1.64. The molecule has 0 bridgehead atoms. The molecule has 1 rings (SSSR count). The van der Waals surface area contributed by atoms with Crippen LogP contribution in [0.3, 0.4) is 0 Å². The Morgan fingerprint density at radius 3 is 2.35 bits per heavy atom. The maximum atomic E-state index is 10.7. The molecule has 0 radical (unpaired) electrons. The van der Waals surface area contributed by atoms with Crippen LogP contribution in [0.2, 0.25) is 0 Å². The highest BCUT2D eigenvalue weighted by Gasteiger charge is 2.10. The Morgan fingerprint density at radius 1 is 1.25 bits per heavy atom. The first-order valence-corrected chi connectivity index (χ1v) is 7.24. The number of carbonyl (C=O) groups excluding carboxylic acids is 2. The van der Waals surface area contributed by atoms with E-state index in [9.17, 15) is 9.59 Å². The highest BCUT2D eigenvalue weighted by molar-refractivity contribution is 5.65. The molecule has 0 heterocycles. The molecule has 0 saturated heterocycles. The van der Waals surface area contributed by atoms with E-state index in [1.807, 2.05) is 20.8 Å². The molecule has 1 unspecified atom stereocenters. The lowest BCUT2D eigenvalue weighted by atomic mass is 9.93. The standard InChI is InChI=1S/C15H20O3.C2H6/c1-12-3-5-14(6-4-12)11-15(7-9-16)8-10-18-13(2)17;1-2/h3-6,9,15H,7-8,10-11H2,1-2H3;1-2H3. The molecule has 1 aromatic carbocycles. The molecule has 1 atom stereocenters.